The number of nitrogens with one attached hydrogen (secondary N) is 3. The van der Waals surface area contributed by atoms with Gasteiger partial charge in [0.2, 0.25) is 0 Å². The summed E-state index contributed by atoms with van der Waals surface area (Å²) in [7, 11) is 0. The molecule has 3 aromatic rings. The lowest BCUT2D eigenvalue weighted by molar-refractivity contribution is -0.138. The normalized spacial score (nSPS) is 21.0. The Bertz CT molecular complexity index is 2040. The highest BCUT2D eigenvalue weighted by Crippen LogP contribution is 2.41. The highest BCUT2D eigenvalue weighted by Gasteiger charge is 2.51. The van der Waals surface area contributed by atoms with Crippen molar-refractivity contribution in [1.29, 1.82) is 0 Å². The van der Waals surface area contributed by atoms with E-state index in [4.69, 9.17) is 4.74 Å². The van der Waals surface area contributed by atoms with Crippen molar-refractivity contribution in [2.24, 2.45) is 11.8 Å². The fourth-order valence-electron chi connectivity index (χ4n) is 7.28. The van der Waals surface area contributed by atoms with Crippen LogP contribution in [0, 0.1) is 11.8 Å². The summed E-state index contributed by atoms with van der Waals surface area (Å²) in [6.07, 6.45) is 14.1. The van der Waals surface area contributed by atoms with Gasteiger partial charge in [-0.25, -0.2) is 0 Å². The third-order valence-corrected chi connectivity index (χ3v) is 10.5. The summed E-state index contributed by atoms with van der Waals surface area (Å²) in [6.45, 7) is 21.5. The standard InChI is InChI=1S/C44H54N4O5/c1-10-43(8,9)40-34(32-15-13-14-16-36(32)45-40)24-37-41(51)47-44(42(52)46-37)25-28(6)18-20-31(44)21-22-33-35(26-48(11-2)12-3)39(50)30(19-17-27(4)5)23-38(33)53-29(7)49/h10,13-18,20-24,28,31,45,50H,1,11-12,19,25-26H2,2-9H3,(H,46,52)(H,47,51)/b22-21+,37-24-/t28-,31-,44-/m0/s1. The monoisotopic (exact) mass is 718 g/mol. The summed E-state index contributed by atoms with van der Waals surface area (Å²) in [5.74, 6) is -1.26. The molecule has 1 spiro atoms. The molecular formula is C44H54N4O5. The zero-order valence-electron chi connectivity index (χ0n) is 32.4. The first-order chi connectivity index (χ1) is 25.1. The van der Waals surface area contributed by atoms with Crippen LogP contribution in [0.1, 0.15) is 89.8 Å². The molecule has 53 heavy (non-hydrogen) atoms. The summed E-state index contributed by atoms with van der Waals surface area (Å²) in [5.41, 5.74) is 3.99. The molecule has 2 aliphatic rings. The largest absolute Gasteiger partial charge is 0.507 e. The molecule has 2 amide bonds. The Hall–Kier alpha value is -5.15. The second-order valence-electron chi connectivity index (χ2n) is 15.1. The third kappa shape index (κ3) is 8.10. The Kier molecular flexibility index (Phi) is 11.7. The number of amides is 2. The van der Waals surface area contributed by atoms with E-state index in [1.807, 2.05) is 95.3 Å². The van der Waals surface area contributed by atoms with E-state index in [-0.39, 0.29) is 29.2 Å². The van der Waals surface area contributed by atoms with Crippen molar-refractivity contribution in [1.82, 2.24) is 20.5 Å². The number of hydrogen-bond acceptors (Lipinski definition) is 6. The number of hydrogen-bond donors (Lipinski definition) is 4. The Labute approximate surface area is 313 Å². The molecule has 5 rings (SSSR count). The van der Waals surface area contributed by atoms with Crippen LogP contribution in [0.5, 0.6) is 11.5 Å². The number of carbonyl (C=O) groups is 3. The fourth-order valence-corrected chi connectivity index (χ4v) is 7.28. The van der Waals surface area contributed by atoms with Crippen LogP contribution in [0.15, 0.2) is 78.6 Å². The molecule has 1 fully saturated rings. The van der Waals surface area contributed by atoms with Crippen molar-refractivity contribution in [2.45, 2.75) is 85.7 Å². The molecule has 1 aromatic heterocycles. The number of rotatable bonds is 12. The van der Waals surface area contributed by atoms with Gasteiger partial charge in [0, 0.05) is 63.7 Å². The van der Waals surface area contributed by atoms with Crippen LogP contribution in [-0.4, -0.2) is 51.4 Å². The van der Waals surface area contributed by atoms with E-state index in [1.165, 1.54) is 6.92 Å². The Morgan fingerprint density at radius 1 is 1.11 bits per heavy atom. The molecule has 2 aromatic carbocycles. The zero-order valence-corrected chi connectivity index (χ0v) is 32.4. The summed E-state index contributed by atoms with van der Waals surface area (Å²) in [5, 5.41) is 18.7. The number of phenolic OH excluding ortho intramolecular Hbond substituents is 1. The number of benzene rings is 2. The molecule has 1 aliphatic carbocycles. The molecule has 2 heterocycles. The van der Waals surface area contributed by atoms with Crippen molar-refractivity contribution < 1.29 is 24.2 Å². The van der Waals surface area contributed by atoms with Gasteiger partial charge in [0.15, 0.2) is 0 Å². The Morgan fingerprint density at radius 2 is 1.83 bits per heavy atom. The molecule has 280 valence electrons. The van der Waals surface area contributed by atoms with Crippen LogP contribution in [0.25, 0.3) is 23.1 Å². The van der Waals surface area contributed by atoms with E-state index < -0.39 is 22.8 Å². The molecule has 9 nitrogen and oxygen atoms in total. The van der Waals surface area contributed by atoms with Crippen LogP contribution in [-0.2, 0) is 32.8 Å². The summed E-state index contributed by atoms with van der Waals surface area (Å²) >= 11 is 0. The van der Waals surface area contributed by atoms with E-state index in [1.54, 1.807) is 12.1 Å². The minimum atomic E-state index is -1.28. The van der Waals surface area contributed by atoms with Crippen molar-refractivity contribution in [3.05, 3.63) is 107 Å². The number of fused-ring (bicyclic) bond motifs is 1. The van der Waals surface area contributed by atoms with Gasteiger partial charge in [-0.3, -0.25) is 19.3 Å². The number of piperazine rings is 1. The Balaban J connectivity index is 1.58. The van der Waals surface area contributed by atoms with E-state index in [0.717, 1.165) is 40.8 Å². The highest BCUT2D eigenvalue weighted by molar-refractivity contribution is 6.10. The van der Waals surface area contributed by atoms with Gasteiger partial charge in [-0.05, 0) is 63.9 Å². The van der Waals surface area contributed by atoms with E-state index in [2.05, 4.69) is 40.9 Å². The lowest BCUT2D eigenvalue weighted by Gasteiger charge is -2.44. The number of aromatic nitrogens is 1. The molecule has 9 heteroatoms. The van der Waals surface area contributed by atoms with Crippen molar-refractivity contribution in [2.75, 3.05) is 13.1 Å². The van der Waals surface area contributed by atoms with Gasteiger partial charge in [-0.1, -0.05) is 94.8 Å². The molecule has 0 bridgehead atoms. The van der Waals surface area contributed by atoms with Crippen molar-refractivity contribution in [3.63, 3.8) is 0 Å². The molecule has 0 radical (unpaired) electrons. The average Bonchev–Trinajstić information content (AvgIpc) is 3.49. The number of para-hydroxylation sites is 1. The van der Waals surface area contributed by atoms with Crippen LogP contribution in [0.2, 0.25) is 0 Å². The molecular weight excluding hydrogens is 665 g/mol. The lowest BCUT2D eigenvalue weighted by Crippen LogP contribution is -2.68. The zero-order chi connectivity index (χ0) is 38.7. The van der Waals surface area contributed by atoms with Crippen molar-refractivity contribution >= 4 is 40.8 Å². The maximum absolute atomic E-state index is 14.4. The first-order valence-corrected chi connectivity index (χ1v) is 18.5. The number of H-pyrrole nitrogens is 1. The summed E-state index contributed by atoms with van der Waals surface area (Å²) < 4.78 is 5.78. The fraction of sp³-hybridized carbons (Fsp3) is 0.386. The number of ether oxygens (including phenoxy) is 1. The second kappa shape index (κ2) is 15.8. The number of aromatic amines is 1. The minimum absolute atomic E-state index is 0.0121. The van der Waals surface area contributed by atoms with Crippen LogP contribution >= 0.6 is 0 Å². The van der Waals surface area contributed by atoms with Crippen LogP contribution in [0.4, 0.5) is 0 Å². The molecule has 0 unspecified atom stereocenters. The predicted octanol–water partition coefficient (Wildman–Crippen LogP) is 7.86. The number of phenols is 1. The number of allylic oxidation sites excluding steroid dienone is 4. The topological polar surface area (TPSA) is 124 Å². The van der Waals surface area contributed by atoms with E-state index in [0.29, 0.717) is 41.8 Å². The highest BCUT2D eigenvalue weighted by atomic mass is 16.5. The maximum Gasteiger partial charge on any atom is 0.308 e. The molecule has 0 saturated carbocycles. The van der Waals surface area contributed by atoms with Crippen LogP contribution in [0.3, 0.4) is 0 Å². The third-order valence-electron chi connectivity index (χ3n) is 10.5. The average molecular weight is 719 g/mol. The Morgan fingerprint density at radius 3 is 2.49 bits per heavy atom. The molecule has 1 saturated heterocycles. The van der Waals surface area contributed by atoms with E-state index in [9.17, 15) is 19.5 Å². The second-order valence-corrected chi connectivity index (χ2v) is 15.1. The van der Waals surface area contributed by atoms with Crippen LogP contribution < -0.4 is 15.4 Å². The van der Waals surface area contributed by atoms with E-state index >= 15 is 0 Å². The molecule has 4 N–H and O–H groups in total. The van der Waals surface area contributed by atoms with Gasteiger partial charge in [0.1, 0.15) is 22.7 Å². The number of aromatic hydroxyl groups is 1. The quantitative estimate of drug-likeness (QED) is 0.0655. The van der Waals surface area contributed by atoms with Gasteiger partial charge in [0.25, 0.3) is 11.8 Å². The lowest BCUT2D eigenvalue weighted by atomic mass is 9.71. The van der Waals surface area contributed by atoms with Gasteiger partial charge in [0.05, 0.1) is 0 Å². The smallest absolute Gasteiger partial charge is 0.308 e. The SMILES string of the molecule is C=CC(C)(C)c1[nH]c2ccccc2c1/C=C1\NC(=O)[C@@]2(C[C@@H](C)C=C[C@H]2/C=C/c2c(OC(C)=O)cc(CC=C(C)C)c(O)c2CN(CC)CC)NC1=O. The minimum Gasteiger partial charge on any atom is -0.507 e. The van der Waals surface area contributed by atoms with Gasteiger partial charge in [-0.15, -0.1) is 6.58 Å². The maximum atomic E-state index is 14.4. The first kappa shape index (κ1) is 39.1. The summed E-state index contributed by atoms with van der Waals surface area (Å²) in [4.78, 5) is 46.5. The van der Waals surface area contributed by atoms with Crippen molar-refractivity contribution in [3.8, 4) is 11.5 Å². The number of carbonyl (C=O) groups excluding carboxylic acids is 3. The van der Waals surface area contributed by atoms with Gasteiger partial charge < -0.3 is 25.5 Å². The predicted molar refractivity (Wildman–Crippen MR) is 213 cm³/mol. The summed E-state index contributed by atoms with van der Waals surface area (Å²) in [6, 6.07) is 9.59. The van der Waals surface area contributed by atoms with Gasteiger partial charge in [-0.2, -0.15) is 0 Å². The number of esters is 1. The first-order valence-electron chi connectivity index (χ1n) is 18.5. The number of nitrogens with zero attached hydrogens (tertiary/aromatic N) is 1. The molecule has 1 aliphatic heterocycles. The molecule has 3 atom stereocenters. The van der Waals surface area contributed by atoms with Gasteiger partial charge >= 0.3 is 5.97 Å².